The number of nitrogens with zero attached hydrogens (tertiary/aromatic N) is 1. The van der Waals surface area contributed by atoms with Crippen LogP contribution in [0.1, 0.15) is 16.0 Å². The first kappa shape index (κ1) is 11.9. The molecular weight excluding hydrogens is 230 g/mol. The van der Waals surface area contributed by atoms with E-state index in [0.29, 0.717) is 5.69 Å². The van der Waals surface area contributed by atoms with Crippen molar-refractivity contribution in [3.63, 3.8) is 0 Å². The van der Waals surface area contributed by atoms with Crippen LogP contribution in [-0.2, 0) is 6.42 Å². The number of aromatic nitrogens is 1. The van der Waals surface area contributed by atoms with Crippen molar-refractivity contribution in [3.05, 3.63) is 39.7 Å². The maximum Gasteiger partial charge on any atom is 0.129 e. The molecule has 90 valence electrons. The molecule has 2 heterocycles. The highest BCUT2D eigenvalue weighted by molar-refractivity contribution is 7.10. The predicted octanol–water partition coefficient (Wildman–Crippen LogP) is 3.00. The minimum atomic E-state index is 0.710. The molecule has 0 aliphatic carbocycles. The summed E-state index contributed by atoms with van der Waals surface area (Å²) in [6, 6.07) is 4.10. The second-order valence-electron chi connectivity index (χ2n) is 4.14. The van der Waals surface area contributed by atoms with Gasteiger partial charge in [-0.1, -0.05) is 0 Å². The molecule has 0 radical (unpaired) electrons. The maximum atomic E-state index is 5.66. The Kier molecular flexibility index (Phi) is 3.64. The summed E-state index contributed by atoms with van der Waals surface area (Å²) in [6.45, 7) is 5.07. The molecule has 2 aromatic rings. The topological polar surface area (TPSA) is 50.9 Å². The lowest BCUT2D eigenvalue weighted by atomic mass is 10.2. The quantitative estimate of drug-likeness (QED) is 0.873. The van der Waals surface area contributed by atoms with Crippen LogP contribution in [0.5, 0.6) is 0 Å². The van der Waals surface area contributed by atoms with Crippen LogP contribution >= 0.6 is 11.3 Å². The molecule has 0 saturated heterocycles. The number of thiophene rings is 1. The Balaban J connectivity index is 1.92. The largest absolute Gasteiger partial charge is 0.397 e. The van der Waals surface area contributed by atoms with Crippen molar-refractivity contribution >= 4 is 22.8 Å². The fraction of sp³-hybridized carbons (Fsp3) is 0.308. The third-order valence-corrected chi connectivity index (χ3v) is 3.79. The van der Waals surface area contributed by atoms with Crippen LogP contribution in [0.15, 0.2) is 23.7 Å². The summed E-state index contributed by atoms with van der Waals surface area (Å²) in [4.78, 5) is 5.72. The molecule has 0 amide bonds. The number of rotatable bonds is 4. The van der Waals surface area contributed by atoms with Crippen LogP contribution < -0.4 is 11.1 Å². The first-order valence-electron chi connectivity index (χ1n) is 5.66. The molecule has 0 bridgehead atoms. The first-order chi connectivity index (χ1) is 8.16. The molecule has 0 saturated carbocycles. The Morgan fingerprint density at radius 1 is 1.35 bits per heavy atom. The maximum absolute atomic E-state index is 5.66. The monoisotopic (exact) mass is 247 g/mol. The molecule has 2 rings (SSSR count). The SMILES string of the molecule is Cc1cc(N)cnc1NCCc1sccc1C. The van der Waals surface area contributed by atoms with E-state index in [4.69, 9.17) is 5.73 Å². The Morgan fingerprint density at radius 2 is 2.18 bits per heavy atom. The first-order valence-corrected chi connectivity index (χ1v) is 6.54. The summed E-state index contributed by atoms with van der Waals surface area (Å²) in [7, 11) is 0. The highest BCUT2D eigenvalue weighted by atomic mass is 32.1. The van der Waals surface area contributed by atoms with E-state index in [2.05, 4.69) is 28.7 Å². The summed E-state index contributed by atoms with van der Waals surface area (Å²) in [5.74, 6) is 0.924. The molecule has 0 aliphatic heterocycles. The van der Waals surface area contributed by atoms with Gasteiger partial charge in [0.15, 0.2) is 0 Å². The number of anilines is 2. The molecule has 4 heteroatoms. The molecule has 2 aromatic heterocycles. The highest BCUT2D eigenvalue weighted by Gasteiger charge is 2.02. The van der Waals surface area contributed by atoms with Crippen LogP contribution in [0.25, 0.3) is 0 Å². The van der Waals surface area contributed by atoms with Gasteiger partial charge in [0.05, 0.1) is 11.9 Å². The number of nitrogen functional groups attached to an aromatic ring is 1. The van der Waals surface area contributed by atoms with Gasteiger partial charge in [-0.05, 0) is 48.9 Å². The van der Waals surface area contributed by atoms with Gasteiger partial charge in [0, 0.05) is 11.4 Å². The van der Waals surface area contributed by atoms with Gasteiger partial charge in [0.1, 0.15) is 5.82 Å². The van der Waals surface area contributed by atoms with Gasteiger partial charge >= 0.3 is 0 Å². The third-order valence-electron chi connectivity index (χ3n) is 2.71. The van der Waals surface area contributed by atoms with E-state index in [1.807, 2.05) is 24.3 Å². The van der Waals surface area contributed by atoms with Crippen LogP contribution in [0.3, 0.4) is 0 Å². The Morgan fingerprint density at radius 3 is 2.82 bits per heavy atom. The molecule has 3 N–H and O–H groups in total. The van der Waals surface area contributed by atoms with Gasteiger partial charge in [0.25, 0.3) is 0 Å². The Labute approximate surface area is 106 Å². The second-order valence-corrected chi connectivity index (χ2v) is 5.14. The van der Waals surface area contributed by atoms with E-state index in [9.17, 15) is 0 Å². The number of hydrogen-bond acceptors (Lipinski definition) is 4. The lowest BCUT2D eigenvalue weighted by Gasteiger charge is -2.08. The molecule has 0 aromatic carbocycles. The molecule has 3 nitrogen and oxygen atoms in total. The van der Waals surface area contributed by atoms with E-state index in [-0.39, 0.29) is 0 Å². The van der Waals surface area contributed by atoms with Crippen molar-refractivity contribution in [1.82, 2.24) is 4.98 Å². The summed E-state index contributed by atoms with van der Waals surface area (Å²) in [5.41, 5.74) is 8.84. The summed E-state index contributed by atoms with van der Waals surface area (Å²) in [6.07, 6.45) is 2.72. The van der Waals surface area contributed by atoms with Crippen LogP contribution in [0.2, 0.25) is 0 Å². The molecule has 0 fully saturated rings. The number of pyridine rings is 1. The van der Waals surface area contributed by atoms with Crippen LogP contribution in [0.4, 0.5) is 11.5 Å². The zero-order chi connectivity index (χ0) is 12.3. The van der Waals surface area contributed by atoms with Gasteiger partial charge in [-0.2, -0.15) is 0 Å². The zero-order valence-corrected chi connectivity index (χ0v) is 11.0. The van der Waals surface area contributed by atoms with Gasteiger partial charge < -0.3 is 11.1 Å². The number of nitrogens with two attached hydrogens (primary N) is 1. The Bertz CT molecular complexity index is 505. The molecule has 0 spiro atoms. The second kappa shape index (κ2) is 5.19. The fourth-order valence-corrected chi connectivity index (χ4v) is 2.65. The van der Waals surface area contributed by atoms with Crippen molar-refractivity contribution in [2.75, 3.05) is 17.6 Å². The zero-order valence-electron chi connectivity index (χ0n) is 10.2. The van der Waals surface area contributed by atoms with Gasteiger partial charge in [-0.3, -0.25) is 0 Å². The van der Waals surface area contributed by atoms with Crippen molar-refractivity contribution in [1.29, 1.82) is 0 Å². The smallest absolute Gasteiger partial charge is 0.129 e. The normalized spacial score (nSPS) is 10.5. The minimum absolute atomic E-state index is 0.710. The van der Waals surface area contributed by atoms with E-state index in [1.54, 1.807) is 6.20 Å². The lowest BCUT2D eigenvalue weighted by molar-refractivity contribution is 1.01. The molecule has 0 atom stereocenters. The van der Waals surface area contributed by atoms with E-state index >= 15 is 0 Å². The van der Waals surface area contributed by atoms with E-state index in [0.717, 1.165) is 24.3 Å². The summed E-state index contributed by atoms with van der Waals surface area (Å²) in [5, 5.41) is 5.48. The average molecular weight is 247 g/mol. The minimum Gasteiger partial charge on any atom is -0.397 e. The van der Waals surface area contributed by atoms with Gasteiger partial charge in [-0.25, -0.2) is 4.98 Å². The lowest BCUT2D eigenvalue weighted by Crippen LogP contribution is -2.07. The molecule has 17 heavy (non-hydrogen) atoms. The van der Waals surface area contributed by atoms with Crippen molar-refractivity contribution in [3.8, 4) is 0 Å². The van der Waals surface area contributed by atoms with Crippen molar-refractivity contribution in [2.45, 2.75) is 20.3 Å². The summed E-state index contributed by atoms with van der Waals surface area (Å²) >= 11 is 1.81. The number of hydrogen-bond donors (Lipinski definition) is 2. The van der Waals surface area contributed by atoms with Crippen LogP contribution in [-0.4, -0.2) is 11.5 Å². The van der Waals surface area contributed by atoms with Gasteiger partial charge in [-0.15, -0.1) is 11.3 Å². The average Bonchev–Trinajstić information content (AvgIpc) is 2.68. The van der Waals surface area contributed by atoms with E-state index < -0.39 is 0 Å². The fourth-order valence-electron chi connectivity index (χ4n) is 1.74. The number of aryl methyl sites for hydroxylation is 2. The standard InChI is InChI=1S/C13H17N3S/c1-9-4-6-17-12(9)3-5-15-13-10(2)7-11(14)8-16-13/h4,6-8H,3,5,14H2,1-2H3,(H,15,16). The van der Waals surface area contributed by atoms with E-state index in [1.165, 1.54) is 10.4 Å². The Hall–Kier alpha value is -1.55. The predicted molar refractivity (Wildman–Crippen MR) is 74.6 cm³/mol. The van der Waals surface area contributed by atoms with Crippen LogP contribution in [0, 0.1) is 13.8 Å². The summed E-state index contributed by atoms with van der Waals surface area (Å²) < 4.78 is 0. The molecule has 0 aliphatic rings. The van der Waals surface area contributed by atoms with Crippen molar-refractivity contribution in [2.24, 2.45) is 0 Å². The molecule has 0 unspecified atom stereocenters. The highest BCUT2D eigenvalue weighted by Crippen LogP contribution is 2.17. The van der Waals surface area contributed by atoms with Gasteiger partial charge in [0.2, 0.25) is 0 Å². The van der Waals surface area contributed by atoms with Crippen molar-refractivity contribution < 1.29 is 0 Å². The number of nitrogens with one attached hydrogen (secondary N) is 1. The third kappa shape index (κ3) is 2.97. The molecular formula is C13H17N3S.